The predicted molar refractivity (Wildman–Crippen MR) is 61.3 cm³/mol. The zero-order valence-electron chi connectivity index (χ0n) is 9.86. The Morgan fingerprint density at radius 3 is 2.41 bits per heavy atom. The van der Waals surface area contributed by atoms with Gasteiger partial charge in [-0.3, -0.25) is 4.79 Å². The van der Waals surface area contributed by atoms with Crippen molar-refractivity contribution in [3.8, 4) is 0 Å². The Labute approximate surface area is 99.7 Å². The maximum atomic E-state index is 11.3. The van der Waals surface area contributed by atoms with E-state index >= 15 is 0 Å². The van der Waals surface area contributed by atoms with Crippen LogP contribution in [-0.4, -0.2) is 35.6 Å². The molecule has 1 atom stereocenters. The van der Waals surface area contributed by atoms with E-state index in [1.807, 2.05) is 6.92 Å². The third-order valence-corrected chi connectivity index (χ3v) is 2.07. The van der Waals surface area contributed by atoms with Crippen molar-refractivity contribution in [3.63, 3.8) is 0 Å². The summed E-state index contributed by atoms with van der Waals surface area (Å²) in [6, 6.07) is -1.88. The molecule has 0 fully saturated rings. The number of carboxylic acids is 1. The Hall–Kier alpha value is -1.79. The number of amides is 3. The first-order chi connectivity index (χ1) is 7.97. The van der Waals surface area contributed by atoms with Crippen molar-refractivity contribution in [2.45, 2.75) is 38.6 Å². The minimum atomic E-state index is -1.28. The number of nitrogens with two attached hydrogens (primary N) is 1. The normalized spacial score (nSPS) is 11.6. The SMILES string of the molecule is CCCCCNC(=O)N[C@@H](CC(N)=O)C(=O)O. The van der Waals surface area contributed by atoms with Crippen LogP contribution in [0.3, 0.4) is 0 Å². The van der Waals surface area contributed by atoms with Crippen molar-refractivity contribution < 1.29 is 19.5 Å². The summed E-state index contributed by atoms with van der Waals surface area (Å²) in [5.74, 6) is -2.06. The quantitative estimate of drug-likeness (QED) is 0.442. The van der Waals surface area contributed by atoms with Gasteiger partial charge < -0.3 is 21.5 Å². The molecule has 0 aliphatic heterocycles. The molecule has 7 nitrogen and oxygen atoms in total. The summed E-state index contributed by atoms with van der Waals surface area (Å²) in [6.07, 6.45) is 2.43. The lowest BCUT2D eigenvalue weighted by Gasteiger charge is -2.13. The highest BCUT2D eigenvalue weighted by Gasteiger charge is 2.21. The second kappa shape index (κ2) is 8.37. The van der Waals surface area contributed by atoms with Gasteiger partial charge in [-0.05, 0) is 6.42 Å². The largest absolute Gasteiger partial charge is 0.480 e. The number of carbonyl (C=O) groups excluding carboxylic acids is 2. The zero-order valence-corrected chi connectivity index (χ0v) is 9.86. The smallest absolute Gasteiger partial charge is 0.326 e. The molecule has 3 amide bonds. The number of carbonyl (C=O) groups is 3. The molecule has 0 unspecified atom stereocenters. The molecule has 0 heterocycles. The number of primary amides is 1. The van der Waals surface area contributed by atoms with Gasteiger partial charge in [-0.1, -0.05) is 19.8 Å². The Bertz CT molecular complexity index is 281. The van der Waals surface area contributed by atoms with E-state index in [0.29, 0.717) is 6.54 Å². The number of nitrogens with one attached hydrogen (secondary N) is 2. The molecule has 0 bridgehead atoms. The fraction of sp³-hybridized carbons (Fsp3) is 0.700. The van der Waals surface area contributed by atoms with Crippen molar-refractivity contribution in [2.24, 2.45) is 5.73 Å². The minimum absolute atomic E-state index is 0.419. The van der Waals surface area contributed by atoms with E-state index in [1.54, 1.807) is 0 Å². The standard InChI is InChI=1S/C10H19N3O4/c1-2-3-4-5-12-10(17)13-7(9(15)16)6-8(11)14/h7H,2-6H2,1H3,(H2,11,14)(H,15,16)(H2,12,13,17)/t7-/m0/s1. The summed E-state index contributed by atoms with van der Waals surface area (Å²) < 4.78 is 0. The van der Waals surface area contributed by atoms with Crippen molar-refractivity contribution >= 4 is 17.9 Å². The molecule has 0 aliphatic rings. The highest BCUT2D eigenvalue weighted by Crippen LogP contribution is 1.93. The van der Waals surface area contributed by atoms with Crippen LogP contribution in [0.5, 0.6) is 0 Å². The predicted octanol–water partition coefficient (Wildman–Crippen LogP) is -0.196. The van der Waals surface area contributed by atoms with Gasteiger partial charge in [0, 0.05) is 6.54 Å². The highest BCUT2D eigenvalue weighted by atomic mass is 16.4. The molecule has 0 aromatic heterocycles. The first-order valence-corrected chi connectivity index (χ1v) is 5.52. The van der Waals surface area contributed by atoms with Gasteiger partial charge in [-0.15, -0.1) is 0 Å². The van der Waals surface area contributed by atoms with Crippen LogP contribution in [0.25, 0.3) is 0 Å². The van der Waals surface area contributed by atoms with Crippen molar-refractivity contribution in [1.29, 1.82) is 0 Å². The van der Waals surface area contributed by atoms with E-state index < -0.39 is 30.4 Å². The van der Waals surface area contributed by atoms with Crippen LogP contribution >= 0.6 is 0 Å². The first-order valence-electron chi connectivity index (χ1n) is 5.52. The topological polar surface area (TPSA) is 122 Å². The number of carboxylic acid groups (broad SMARTS) is 1. The summed E-state index contributed by atoms with van der Waals surface area (Å²) in [6.45, 7) is 2.51. The number of urea groups is 1. The first kappa shape index (κ1) is 15.2. The summed E-state index contributed by atoms with van der Waals surface area (Å²) in [4.78, 5) is 32.5. The number of unbranched alkanes of at least 4 members (excludes halogenated alkanes) is 2. The monoisotopic (exact) mass is 245 g/mol. The Kier molecular flexibility index (Phi) is 7.49. The fourth-order valence-corrected chi connectivity index (χ4v) is 1.19. The fourth-order valence-electron chi connectivity index (χ4n) is 1.19. The summed E-state index contributed by atoms with van der Waals surface area (Å²) >= 11 is 0. The molecule has 0 saturated heterocycles. The molecule has 0 spiro atoms. The lowest BCUT2D eigenvalue weighted by molar-refractivity contribution is -0.140. The van der Waals surface area contributed by atoms with E-state index in [4.69, 9.17) is 10.8 Å². The molecule has 0 saturated carbocycles. The number of hydrogen-bond donors (Lipinski definition) is 4. The molecule has 0 aliphatic carbocycles. The van der Waals surface area contributed by atoms with Crippen LogP contribution in [0.4, 0.5) is 4.79 Å². The zero-order chi connectivity index (χ0) is 13.3. The van der Waals surface area contributed by atoms with Crippen LogP contribution in [0.1, 0.15) is 32.6 Å². The van der Waals surface area contributed by atoms with Crippen LogP contribution in [-0.2, 0) is 9.59 Å². The van der Waals surface area contributed by atoms with Gasteiger partial charge in [0.05, 0.1) is 6.42 Å². The highest BCUT2D eigenvalue weighted by molar-refractivity contribution is 5.87. The number of aliphatic carboxylic acids is 1. The Balaban J connectivity index is 3.96. The van der Waals surface area contributed by atoms with Crippen LogP contribution in [0.15, 0.2) is 0 Å². The molecular weight excluding hydrogens is 226 g/mol. The van der Waals surface area contributed by atoms with Gasteiger partial charge in [-0.2, -0.15) is 0 Å². The van der Waals surface area contributed by atoms with Gasteiger partial charge in [0.2, 0.25) is 5.91 Å². The molecule has 5 N–H and O–H groups in total. The molecule has 0 rings (SSSR count). The molecule has 7 heteroatoms. The molecule has 0 aromatic rings. The van der Waals surface area contributed by atoms with Crippen molar-refractivity contribution in [3.05, 3.63) is 0 Å². The van der Waals surface area contributed by atoms with Crippen LogP contribution in [0.2, 0.25) is 0 Å². The van der Waals surface area contributed by atoms with Gasteiger partial charge in [-0.25, -0.2) is 9.59 Å². The molecule has 98 valence electrons. The maximum absolute atomic E-state index is 11.3. The lowest BCUT2D eigenvalue weighted by atomic mass is 10.2. The van der Waals surface area contributed by atoms with E-state index in [-0.39, 0.29) is 0 Å². The molecule has 0 aromatic carbocycles. The van der Waals surface area contributed by atoms with Crippen LogP contribution in [0, 0.1) is 0 Å². The molecule has 17 heavy (non-hydrogen) atoms. The van der Waals surface area contributed by atoms with Crippen molar-refractivity contribution in [2.75, 3.05) is 6.54 Å². The molecular formula is C10H19N3O4. The second-order valence-corrected chi connectivity index (χ2v) is 3.67. The van der Waals surface area contributed by atoms with E-state index in [9.17, 15) is 14.4 Å². The molecule has 0 radical (unpaired) electrons. The minimum Gasteiger partial charge on any atom is -0.480 e. The lowest BCUT2D eigenvalue weighted by Crippen LogP contribution is -2.47. The van der Waals surface area contributed by atoms with Gasteiger partial charge in [0.15, 0.2) is 0 Å². The van der Waals surface area contributed by atoms with Crippen molar-refractivity contribution in [1.82, 2.24) is 10.6 Å². The average molecular weight is 245 g/mol. The summed E-state index contributed by atoms with van der Waals surface area (Å²) in [5, 5.41) is 13.4. The summed E-state index contributed by atoms with van der Waals surface area (Å²) in [7, 11) is 0. The average Bonchev–Trinajstić information content (AvgIpc) is 2.22. The van der Waals surface area contributed by atoms with E-state index in [1.165, 1.54) is 0 Å². The van der Waals surface area contributed by atoms with Gasteiger partial charge in [0.1, 0.15) is 6.04 Å². The van der Waals surface area contributed by atoms with E-state index in [2.05, 4.69) is 10.6 Å². The van der Waals surface area contributed by atoms with Gasteiger partial charge in [0.25, 0.3) is 0 Å². The maximum Gasteiger partial charge on any atom is 0.326 e. The Morgan fingerprint density at radius 2 is 1.94 bits per heavy atom. The van der Waals surface area contributed by atoms with E-state index in [0.717, 1.165) is 19.3 Å². The third-order valence-electron chi connectivity index (χ3n) is 2.07. The number of hydrogen-bond acceptors (Lipinski definition) is 3. The number of rotatable bonds is 8. The summed E-state index contributed by atoms with van der Waals surface area (Å²) in [5.41, 5.74) is 4.87. The van der Waals surface area contributed by atoms with Gasteiger partial charge >= 0.3 is 12.0 Å². The second-order valence-electron chi connectivity index (χ2n) is 3.67. The van der Waals surface area contributed by atoms with Crippen LogP contribution < -0.4 is 16.4 Å². The Morgan fingerprint density at radius 1 is 1.29 bits per heavy atom. The third kappa shape index (κ3) is 8.06.